The third-order valence-corrected chi connectivity index (χ3v) is 4.83. The van der Waals surface area contributed by atoms with Crippen LogP contribution < -0.4 is 14.8 Å². The Hall–Kier alpha value is -3.32. The number of carbonyl (C=O) groups excluding carboxylic acids is 1. The smallest absolute Gasteiger partial charge is 0.308 e. The number of benzene rings is 2. The number of esters is 1. The van der Waals surface area contributed by atoms with Gasteiger partial charge >= 0.3 is 5.97 Å². The van der Waals surface area contributed by atoms with Crippen molar-refractivity contribution in [3.05, 3.63) is 74.5 Å². The molecule has 0 radical (unpaired) electrons. The highest BCUT2D eigenvalue weighted by Crippen LogP contribution is 2.18. The summed E-state index contributed by atoms with van der Waals surface area (Å²) in [5.41, 5.74) is 2.52. The molecule has 0 fully saturated rings. The monoisotopic (exact) mass is 377 g/mol. The van der Waals surface area contributed by atoms with Gasteiger partial charge in [0, 0.05) is 12.5 Å². The maximum atomic E-state index is 12.7. The Balaban J connectivity index is 1.75. The highest BCUT2D eigenvalue weighted by Gasteiger charge is 2.12. The second-order valence-electron chi connectivity index (χ2n) is 6.08. The Kier molecular flexibility index (Phi) is 4.29. The van der Waals surface area contributed by atoms with Crippen LogP contribution in [0.4, 0.5) is 0 Å². The summed E-state index contributed by atoms with van der Waals surface area (Å²) < 4.78 is 6.92. The molecule has 0 aliphatic rings. The summed E-state index contributed by atoms with van der Waals surface area (Å²) in [5.74, 6) is 0.578. The van der Waals surface area contributed by atoms with Crippen molar-refractivity contribution in [1.29, 1.82) is 0 Å². The van der Waals surface area contributed by atoms with Crippen molar-refractivity contribution in [2.45, 2.75) is 13.8 Å². The van der Waals surface area contributed by atoms with Crippen LogP contribution in [-0.4, -0.2) is 20.6 Å². The van der Waals surface area contributed by atoms with Crippen LogP contribution in [0.1, 0.15) is 18.1 Å². The molecule has 0 unspecified atom stereocenters. The number of aryl methyl sites for hydroxylation is 1. The number of rotatable bonds is 3. The van der Waals surface area contributed by atoms with Gasteiger partial charge in [-0.05, 0) is 36.8 Å². The standard InChI is InChI=1S/C20H15N3O3S/c1-12-5-3-7-15(9-12)18-21-20-23(22-18)19(25)17(27-20)11-14-6-4-8-16(10-14)26-13(2)24/h3-11H,1-2H3. The lowest BCUT2D eigenvalue weighted by Crippen LogP contribution is -2.23. The van der Waals surface area contributed by atoms with E-state index in [1.54, 1.807) is 24.3 Å². The molecule has 0 atom stereocenters. The maximum absolute atomic E-state index is 12.7. The molecule has 27 heavy (non-hydrogen) atoms. The van der Waals surface area contributed by atoms with Gasteiger partial charge in [-0.25, -0.2) is 0 Å². The number of thiazole rings is 1. The van der Waals surface area contributed by atoms with Crippen molar-refractivity contribution < 1.29 is 9.53 Å². The molecule has 0 saturated carbocycles. The predicted octanol–water partition coefficient (Wildman–Crippen LogP) is 2.60. The van der Waals surface area contributed by atoms with Crippen LogP contribution in [-0.2, 0) is 4.79 Å². The van der Waals surface area contributed by atoms with Crippen molar-refractivity contribution >= 4 is 28.3 Å². The fraction of sp³-hybridized carbons (Fsp3) is 0.100. The van der Waals surface area contributed by atoms with Crippen LogP contribution in [0.3, 0.4) is 0 Å². The van der Waals surface area contributed by atoms with E-state index in [9.17, 15) is 9.59 Å². The van der Waals surface area contributed by atoms with E-state index in [2.05, 4.69) is 10.1 Å². The third-order valence-electron chi connectivity index (χ3n) is 3.88. The Morgan fingerprint density at radius 3 is 2.74 bits per heavy atom. The van der Waals surface area contributed by atoms with Gasteiger partial charge in [0.25, 0.3) is 5.56 Å². The van der Waals surface area contributed by atoms with Gasteiger partial charge in [-0.3, -0.25) is 9.59 Å². The Morgan fingerprint density at radius 2 is 2.00 bits per heavy atom. The Labute approximate surface area is 158 Å². The summed E-state index contributed by atoms with van der Waals surface area (Å²) in [6.07, 6.45) is 1.74. The van der Waals surface area contributed by atoms with E-state index < -0.39 is 0 Å². The van der Waals surface area contributed by atoms with Crippen LogP contribution in [0.15, 0.2) is 53.3 Å². The van der Waals surface area contributed by atoms with Gasteiger partial charge in [0.2, 0.25) is 4.96 Å². The van der Waals surface area contributed by atoms with Crippen molar-refractivity contribution in [2.75, 3.05) is 0 Å². The lowest BCUT2D eigenvalue weighted by atomic mass is 10.1. The summed E-state index contributed by atoms with van der Waals surface area (Å²) in [6.45, 7) is 3.34. The lowest BCUT2D eigenvalue weighted by Gasteiger charge is -2.01. The van der Waals surface area contributed by atoms with E-state index in [0.717, 1.165) is 16.7 Å². The second-order valence-corrected chi connectivity index (χ2v) is 7.09. The van der Waals surface area contributed by atoms with Gasteiger partial charge in [-0.1, -0.05) is 47.2 Å². The molecule has 6 nitrogen and oxygen atoms in total. The molecule has 2 aromatic heterocycles. The molecule has 134 valence electrons. The normalized spacial score (nSPS) is 11.9. The summed E-state index contributed by atoms with van der Waals surface area (Å²) in [7, 11) is 0. The van der Waals surface area contributed by atoms with Crippen molar-refractivity contribution in [3.8, 4) is 17.1 Å². The Bertz CT molecular complexity index is 1270. The number of ether oxygens (including phenoxy) is 1. The lowest BCUT2D eigenvalue weighted by molar-refractivity contribution is -0.131. The van der Waals surface area contributed by atoms with Crippen molar-refractivity contribution in [1.82, 2.24) is 14.6 Å². The fourth-order valence-corrected chi connectivity index (χ4v) is 3.63. The summed E-state index contributed by atoms with van der Waals surface area (Å²) in [6, 6.07) is 14.8. The fourth-order valence-electron chi connectivity index (χ4n) is 2.73. The molecule has 0 aliphatic carbocycles. The van der Waals surface area contributed by atoms with Gasteiger partial charge < -0.3 is 4.74 Å². The molecule has 4 aromatic rings. The number of hydrogen-bond donors (Lipinski definition) is 0. The van der Waals surface area contributed by atoms with Gasteiger partial charge in [0.15, 0.2) is 5.82 Å². The average molecular weight is 377 g/mol. The zero-order valence-corrected chi connectivity index (χ0v) is 15.5. The molecule has 4 rings (SSSR count). The molecule has 0 N–H and O–H groups in total. The van der Waals surface area contributed by atoms with E-state index in [1.165, 1.54) is 22.8 Å². The molecule has 7 heteroatoms. The molecule has 0 aliphatic heterocycles. The average Bonchev–Trinajstić information content (AvgIpc) is 3.15. The first-order valence-electron chi connectivity index (χ1n) is 8.26. The van der Waals surface area contributed by atoms with E-state index in [1.807, 2.05) is 37.3 Å². The van der Waals surface area contributed by atoms with Crippen LogP contribution in [0, 0.1) is 6.92 Å². The van der Waals surface area contributed by atoms with E-state index in [0.29, 0.717) is 21.1 Å². The van der Waals surface area contributed by atoms with Crippen LogP contribution in [0.25, 0.3) is 22.4 Å². The first-order chi connectivity index (χ1) is 13.0. The van der Waals surface area contributed by atoms with E-state index in [4.69, 9.17) is 4.74 Å². The molecule has 0 spiro atoms. The van der Waals surface area contributed by atoms with Crippen molar-refractivity contribution in [3.63, 3.8) is 0 Å². The molecule has 2 heterocycles. The molecule has 0 saturated heterocycles. The number of nitrogens with zero attached hydrogens (tertiary/aromatic N) is 3. The van der Waals surface area contributed by atoms with Crippen LogP contribution >= 0.6 is 11.3 Å². The number of carbonyl (C=O) groups is 1. The SMILES string of the molecule is CC(=O)Oc1cccc(C=c2sc3nc(-c4cccc(C)c4)nn3c2=O)c1. The largest absolute Gasteiger partial charge is 0.427 e. The van der Waals surface area contributed by atoms with Gasteiger partial charge in [-0.15, -0.1) is 5.10 Å². The second kappa shape index (κ2) is 6.77. The minimum absolute atomic E-state index is 0.223. The molecule has 2 aromatic carbocycles. The first-order valence-corrected chi connectivity index (χ1v) is 9.08. The number of fused-ring (bicyclic) bond motifs is 1. The van der Waals surface area contributed by atoms with Gasteiger partial charge in [-0.2, -0.15) is 9.50 Å². The van der Waals surface area contributed by atoms with Gasteiger partial charge in [0.05, 0.1) is 4.53 Å². The third kappa shape index (κ3) is 3.50. The number of aromatic nitrogens is 3. The van der Waals surface area contributed by atoms with Gasteiger partial charge in [0.1, 0.15) is 5.75 Å². The van der Waals surface area contributed by atoms with E-state index >= 15 is 0 Å². The quantitative estimate of drug-likeness (QED) is 0.405. The minimum Gasteiger partial charge on any atom is -0.427 e. The molecular weight excluding hydrogens is 362 g/mol. The highest BCUT2D eigenvalue weighted by molar-refractivity contribution is 7.15. The zero-order valence-electron chi connectivity index (χ0n) is 14.7. The minimum atomic E-state index is -0.390. The Morgan fingerprint density at radius 1 is 1.19 bits per heavy atom. The first kappa shape index (κ1) is 17.1. The predicted molar refractivity (Wildman–Crippen MR) is 104 cm³/mol. The maximum Gasteiger partial charge on any atom is 0.308 e. The molecule has 0 amide bonds. The summed E-state index contributed by atoms with van der Waals surface area (Å²) >= 11 is 1.27. The molecular formula is C20H15N3O3S. The number of hydrogen-bond acceptors (Lipinski definition) is 6. The molecule has 0 bridgehead atoms. The van der Waals surface area contributed by atoms with Crippen LogP contribution in [0.5, 0.6) is 5.75 Å². The zero-order chi connectivity index (χ0) is 19.0. The summed E-state index contributed by atoms with van der Waals surface area (Å²) in [4.78, 5) is 28.8. The van der Waals surface area contributed by atoms with Crippen LogP contribution in [0.2, 0.25) is 0 Å². The van der Waals surface area contributed by atoms with Crippen molar-refractivity contribution in [2.24, 2.45) is 0 Å². The highest BCUT2D eigenvalue weighted by atomic mass is 32.1. The van der Waals surface area contributed by atoms with E-state index in [-0.39, 0.29) is 11.5 Å². The topological polar surface area (TPSA) is 73.6 Å². The summed E-state index contributed by atoms with van der Waals surface area (Å²) in [5, 5.41) is 4.36.